The van der Waals surface area contributed by atoms with E-state index in [-0.39, 0.29) is 6.61 Å². The molecule has 4 nitrogen and oxygen atoms in total. The third-order valence-corrected chi connectivity index (χ3v) is 2.67. The van der Waals surface area contributed by atoms with Crippen molar-refractivity contribution in [2.75, 3.05) is 20.3 Å². The molecular formula is C16H20O4. The molecule has 0 heterocycles. The van der Waals surface area contributed by atoms with Gasteiger partial charge in [0.25, 0.3) is 0 Å². The van der Waals surface area contributed by atoms with Crippen LogP contribution in [-0.2, 0) is 9.53 Å². The van der Waals surface area contributed by atoms with Gasteiger partial charge in [-0.25, -0.2) is 4.79 Å². The molecule has 0 fully saturated rings. The van der Waals surface area contributed by atoms with E-state index in [0.717, 1.165) is 37.0 Å². The van der Waals surface area contributed by atoms with Crippen molar-refractivity contribution in [1.82, 2.24) is 0 Å². The second kappa shape index (κ2) is 9.88. The van der Waals surface area contributed by atoms with E-state index < -0.39 is 5.97 Å². The Balaban J connectivity index is 2.31. The van der Waals surface area contributed by atoms with E-state index >= 15 is 0 Å². The van der Waals surface area contributed by atoms with Crippen LogP contribution in [0, 0.1) is 11.8 Å². The number of carbonyl (C=O) groups is 1. The Hall–Kier alpha value is -1.99. The van der Waals surface area contributed by atoms with Crippen molar-refractivity contribution in [2.45, 2.75) is 25.7 Å². The van der Waals surface area contributed by atoms with Crippen LogP contribution in [0.3, 0.4) is 0 Å². The quantitative estimate of drug-likeness (QED) is 0.471. The monoisotopic (exact) mass is 276 g/mol. The normalized spacial score (nSPS) is 9.50. The molecule has 0 spiro atoms. The van der Waals surface area contributed by atoms with Crippen LogP contribution in [0.1, 0.15) is 31.2 Å². The van der Waals surface area contributed by atoms with Crippen molar-refractivity contribution < 1.29 is 19.4 Å². The fourth-order valence-electron chi connectivity index (χ4n) is 1.57. The van der Waals surface area contributed by atoms with Gasteiger partial charge in [-0.3, -0.25) is 0 Å². The van der Waals surface area contributed by atoms with Crippen LogP contribution in [0.4, 0.5) is 0 Å². The smallest absolute Gasteiger partial charge is 0.384 e. The number of aliphatic hydroxyl groups is 1. The zero-order chi connectivity index (χ0) is 14.6. The van der Waals surface area contributed by atoms with E-state index in [1.807, 2.05) is 12.1 Å². The Labute approximate surface area is 119 Å². The van der Waals surface area contributed by atoms with Gasteiger partial charge in [0.1, 0.15) is 5.75 Å². The van der Waals surface area contributed by atoms with Gasteiger partial charge >= 0.3 is 5.97 Å². The van der Waals surface area contributed by atoms with Crippen molar-refractivity contribution in [3.63, 3.8) is 0 Å². The lowest BCUT2D eigenvalue weighted by atomic mass is 10.2. The van der Waals surface area contributed by atoms with Crippen molar-refractivity contribution in [1.29, 1.82) is 0 Å². The zero-order valence-corrected chi connectivity index (χ0v) is 11.7. The van der Waals surface area contributed by atoms with Crippen molar-refractivity contribution in [3.8, 4) is 17.6 Å². The highest BCUT2D eigenvalue weighted by atomic mass is 16.5. The Morgan fingerprint density at radius 2 is 1.85 bits per heavy atom. The second-order valence-electron chi connectivity index (χ2n) is 4.25. The summed E-state index contributed by atoms with van der Waals surface area (Å²) in [6.07, 6.45) is 3.92. The zero-order valence-electron chi connectivity index (χ0n) is 11.7. The Morgan fingerprint density at radius 3 is 2.50 bits per heavy atom. The number of rotatable bonds is 7. The summed E-state index contributed by atoms with van der Waals surface area (Å²) in [6.45, 7) is 0.924. The van der Waals surface area contributed by atoms with Crippen LogP contribution in [0.15, 0.2) is 24.3 Å². The molecule has 0 saturated heterocycles. The number of ether oxygens (including phenoxy) is 2. The number of benzene rings is 1. The first-order chi connectivity index (χ1) is 9.76. The first-order valence-corrected chi connectivity index (χ1v) is 6.70. The van der Waals surface area contributed by atoms with Crippen LogP contribution in [0.5, 0.6) is 5.75 Å². The first kappa shape index (κ1) is 16.1. The maximum Gasteiger partial charge on any atom is 0.384 e. The number of hydrogen-bond acceptors (Lipinski definition) is 4. The topological polar surface area (TPSA) is 55.8 Å². The van der Waals surface area contributed by atoms with E-state index in [1.54, 1.807) is 12.1 Å². The molecule has 0 radical (unpaired) electrons. The van der Waals surface area contributed by atoms with Crippen LogP contribution < -0.4 is 4.74 Å². The minimum absolute atomic E-state index is 0.259. The summed E-state index contributed by atoms with van der Waals surface area (Å²) in [5, 5.41) is 8.65. The van der Waals surface area contributed by atoms with Gasteiger partial charge in [-0.2, -0.15) is 0 Å². The second-order valence-corrected chi connectivity index (χ2v) is 4.25. The molecule has 108 valence electrons. The van der Waals surface area contributed by atoms with Gasteiger partial charge in [0.2, 0.25) is 0 Å². The standard InChI is InChI=1S/C16H20O4/c1-19-16(18)11-8-14-6-9-15(10-7-14)20-13-5-3-2-4-12-17/h6-7,9-10,17H,2-5,12-13H2,1H3. The predicted molar refractivity (Wildman–Crippen MR) is 76.4 cm³/mol. The molecule has 1 rings (SSSR count). The number of esters is 1. The van der Waals surface area contributed by atoms with Crippen molar-refractivity contribution in [3.05, 3.63) is 29.8 Å². The Bertz CT molecular complexity index is 454. The highest BCUT2D eigenvalue weighted by Gasteiger charge is 1.95. The Morgan fingerprint density at radius 1 is 1.15 bits per heavy atom. The van der Waals surface area contributed by atoms with E-state index in [4.69, 9.17) is 9.84 Å². The minimum Gasteiger partial charge on any atom is -0.494 e. The van der Waals surface area contributed by atoms with Crippen molar-refractivity contribution in [2.24, 2.45) is 0 Å². The molecule has 0 aliphatic heterocycles. The molecule has 0 aromatic heterocycles. The minimum atomic E-state index is -0.548. The van der Waals surface area contributed by atoms with Gasteiger partial charge < -0.3 is 14.6 Å². The largest absolute Gasteiger partial charge is 0.494 e. The summed E-state index contributed by atoms with van der Waals surface area (Å²) in [5.74, 6) is 5.32. The fourth-order valence-corrected chi connectivity index (χ4v) is 1.57. The maximum atomic E-state index is 10.9. The van der Waals surface area contributed by atoms with Crippen LogP contribution in [0.25, 0.3) is 0 Å². The molecule has 1 aromatic carbocycles. The van der Waals surface area contributed by atoms with Crippen molar-refractivity contribution >= 4 is 5.97 Å². The molecule has 20 heavy (non-hydrogen) atoms. The lowest BCUT2D eigenvalue weighted by molar-refractivity contribution is -0.133. The summed E-state index contributed by atoms with van der Waals surface area (Å²) in [5.41, 5.74) is 0.741. The summed E-state index contributed by atoms with van der Waals surface area (Å²) >= 11 is 0. The van der Waals surface area contributed by atoms with Crippen LogP contribution >= 0.6 is 0 Å². The SMILES string of the molecule is COC(=O)C#Cc1ccc(OCCCCCCO)cc1. The van der Waals surface area contributed by atoms with E-state index in [0.29, 0.717) is 6.61 Å². The lowest BCUT2D eigenvalue weighted by Gasteiger charge is -2.05. The van der Waals surface area contributed by atoms with Crippen LogP contribution in [-0.4, -0.2) is 31.4 Å². The predicted octanol–water partition coefficient (Wildman–Crippen LogP) is 2.14. The maximum absolute atomic E-state index is 10.9. The highest BCUT2D eigenvalue weighted by Crippen LogP contribution is 2.12. The molecule has 4 heteroatoms. The number of carbonyl (C=O) groups excluding carboxylic acids is 1. The molecule has 0 amide bonds. The van der Waals surface area contributed by atoms with Gasteiger partial charge in [-0.15, -0.1) is 0 Å². The molecule has 1 N–H and O–H groups in total. The molecule has 1 aromatic rings. The van der Waals surface area contributed by atoms with Gasteiger partial charge in [0.15, 0.2) is 0 Å². The summed E-state index contributed by atoms with van der Waals surface area (Å²) in [4.78, 5) is 10.9. The van der Waals surface area contributed by atoms with E-state index in [2.05, 4.69) is 16.6 Å². The number of hydrogen-bond donors (Lipinski definition) is 1. The third kappa shape index (κ3) is 6.81. The molecule has 0 aliphatic rings. The molecule has 0 saturated carbocycles. The van der Waals surface area contributed by atoms with Crippen LogP contribution in [0.2, 0.25) is 0 Å². The molecule has 0 unspecified atom stereocenters. The number of unbranched alkanes of at least 4 members (excludes halogenated alkanes) is 3. The van der Waals surface area contributed by atoms with E-state index in [9.17, 15) is 4.79 Å². The summed E-state index contributed by atoms with van der Waals surface area (Å²) < 4.78 is 10.0. The van der Waals surface area contributed by atoms with Gasteiger partial charge in [-0.05, 0) is 43.5 Å². The number of aliphatic hydroxyl groups excluding tert-OH is 1. The lowest BCUT2D eigenvalue weighted by Crippen LogP contribution is -1.97. The first-order valence-electron chi connectivity index (χ1n) is 6.70. The van der Waals surface area contributed by atoms with E-state index in [1.165, 1.54) is 7.11 Å². The molecular weight excluding hydrogens is 256 g/mol. The summed E-state index contributed by atoms with van der Waals surface area (Å²) in [6, 6.07) is 7.26. The average Bonchev–Trinajstić information content (AvgIpc) is 2.49. The van der Waals surface area contributed by atoms with Gasteiger partial charge in [0, 0.05) is 18.1 Å². The molecule has 0 aliphatic carbocycles. The van der Waals surface area contributed by atoms with Gasteiger partial charge in [-0.1, -0.05) is 12.3 Å². The Kier molecular flexibility index (Phi) is 7.93. The molecule has 0 bridgehead atoms. The number of methoxy groups -OCH3 is 1. The summed E-state index contributed by atoms with van der Waals surface area (Å²) in [7, 11) is 1.30. The van der Waals surface area contributed by atoms with Gasteiger partial charge in [0.05, 0.1) is 13.7 Å². The fraction of sp³-hybridized carbons (Fsp3) is 0.438. The highest BCUT2D eigenvalue weighted by molar-refractivity contribution is 5.88. The third-order valence-electron chi connectivity index (χ3n) is 2.67. The molecule has 0 atom stereocenters. The average molecular weight is 276 g/mol.